The number of hydrogen-bond donors (Lipinski definition) is 1. The maximum absolute atomic E-state index is 4.32. The SMILES string of the molecule is CCCC1(CNCCc2ccccn2)CC1. The number of nitrogens with one attached hydrogen (secondary N) is 1. The zero-order valence-corrected chi connectivity index (χ0v) is 10.2. The van der Waals surface area contributed by atoms with E-state index in [4.69, 9.17) is 0 Å². The van der Waals surface area contributed by atoms with Gasteiger partial charge in [-0.3, -0.25) is 4.98 Å². The highest BCUT2D eigenvalue weighted by Crippen LogP contribution is 2.48. The first-order chi connectivity index (χ1) is 7.85. The standard InChI is InChI=1S/C14H22N2/c1-2-7-14(8-9-14)12-15-11-6-13-5-3-4-10-16-13/h3-5,10,15H,2,6-9,11-12H2,1H3. The van der Waals surface area contributed by atoms with Crippen molar-refractivity contribution in [3.05, 3.63) is 30.1 Å². The Labute approximate surface area is 98.5 Å². The third-order valence-corrected chi connectivity index (χ3v) is 3.52. The van der Waals surface area contributed by atoms with Crippen LogP contribution in [0.4, 0.5) is 0 Å². The van der Waals surface area contributed by atoms with Gasteiger partial charge >= 0.3 is 0 Å². The molecule has 1 aromatic heterocycles. The first-order valence-corrected chi connectivity index (χ1v) is 6.45. The zero-order chi connectivity index (χ0) is 11.3. The molecule has 0 aromatic carbocycles. The summed E-state index contributed by atoms with van der Waals surface area (Å²) in [5.41, 5.74) is 1.86. The van der Waals surface area contributed by atoms with Gasteiger partial charge in [0.1, 0.15) is 0 Å². The van der Waals surface area contributed by atoms with Crippen LogP contribution in [-0.4, -0.2) is 18.1 Å². The van der Waals surface area contributed by atoms with E-state index >= 15 is 0 Å². The van der Waals surface area contributed by atoms with Crippen molar-refractivity contribution in [2.24, 2.45) is 5.41 Å². The summed E-state index contributed by atoms with van der Waals surface area (Å²) in [7, 11) is 0. The van der Waals surface area contributed by atoms with E-state index in [1.54, 1.807) is 0 Å². The highest BCUT2D eigenvalue weighted by Gasteiger charge is 2.40. The van der Waals surface area contributed by atoms with Crippen LogP contribution < -0.4 is 5.32 Å². The highest BCUT2D eigenvalue weighted by atomic mass is 14.9. The van der Waals surface area contributed by atoms with Crippen LogP contribution in [0, 0.1) is 5.41 Å². The molecule has 2 heteroatoms. The van der Waals surface area contributed by atoms with Crippen LogP contribution in [0.25, 0.3) is 0 Å². The lowest BCUT2D eigenvalue weighted by molar-refractivity contribution is 0.422. The van der Waals surface area contributed by atoms with Gasteiger partial charge in [-0.15, -0.1) is 0 Å². The van der Waals surface area contributed by atoms with Crippen molar-refractivity contribution in [1.82, 2.24) is 10.3 Å². The normalized spacial score (nSPS) is 17.3. The molecule has 0 spiro atoms. The van der Waals surface area contributed by atoms with Crippen LogP contribution in [-0.2, 0) is 6.42 Å². The minimum Gasteiger partial charge on any atom is -0.316 e. The molecular formula is C14H22N2. The molecule has 1 fully saturated rings. The lowest BCUT2D eigenvalue weighted by Crippen LogP contribution is -2.26. The summed E-state index contributed by atoms with van der Waals surface area (Å²) in [4.78, 5) is 4.32. The van der Waals surface area contributed by atoms with E-state index in [2.05, 4.69) is 29.4 Å². The second kappa shape index (κ2) is 5.44. The summed E-state index contributed by atoms with van der Waals surface area (Å²) in [6, 6.07) is 6.12. The van der Waals surface area contributed by atoms with Gasteiger partial charge in [0.25, 0.3) is 0 Å². The molecule has 16 heavy (non-hydrogen) atoms. The first kappa shape index (κ1) is 11.6. The molecule has 0 bridgehead atoms. The molecule has 0 aliphatic heterocycles. The molecule has 0 atom stereocenters. The average Bonchev–Trinajstić information content (AvgIpc) is 3.07. The molecule has 1 aliphatic carbocycles. The van der Waals surface area contributed by atoms with Crippen LogP contribution in [0.15, 0.2) is 24.4 Å². The molecule has 1 aromatic rings. The molecule has 88 valence electrons. The fourth-order valence-electron chi connectivity index (χ4n) is 2.34. The molecule has 0 radical (unpaired) electrons. The number of aromatic nitrogens is 1. The van der Waals surface area contributed by atoms with Gasteiger partial charge in [0.05, 0.1) is 0 Å². The van der Waals surface area contributed by atoms with Crippen LogP contribution in [0.3, 0.4) is 0 Å². The fourth-order valence-corrected chi connectivity index (χ4v) is 2.34. The molecule has 1 heterocycles. The molecule has 0 unspecified atom stereocenters. The van der Waals surface area contributed by atoms with E-state index < -0.39 is 0 Å². The Morgan fingerprint density at radius 3 is 2.88 bits per heavy atom. The Morgan fingerprint density at radius 2 is 2.25 bits per heavy atom. The summed E-state index contributed by atoms with van der Waals surface area (Å²) in [6.07, 6.45) is 8.48. The van der Waals surface area contributed by atoms with Crippen molar-refractivity contribution in [2.75, 3.05) is 13.1 Å². The number of nitrogens with zero attached hydrogens (tertiary/aromatic N) is 1. The van der Waals surface area contributed by atoms with Crippen LogP contribution in [0.1, 0.15) is 38.3 Å². The smallest absolute Gasteiger partial charge is 0.0416 e. The third kappa shape index (κ3) is 3.31. The summed E-state index contributed by atoms with van der Waals surface area (Å²) in [5.74, 6) is 0. The van der Waals surface area contributed by atoms with E-state index in [0.29, 0.717) is 5.41 Å². The molecule has 2 rings (SSSR count). The lowest BCUT2D eigenvalue weighted by Gasteiger charge is -2.14. The Bertz CT molecular complexity index is 304. The Hall–Kier alpha value is -0.890. The highest BCUT2D eigenvalue weighted by molar-refractivity contribution is 5.03. The molecule has 1 N–H and O–H groups in total. The summed E-state index contributed by atoms with van der Waals surface area (Å²) >= 11 is 0. The number of pyridine rings is 1. The van der Waals surface area contributed by atoms with Crippen LogP contribution >= 0.6 is 0 Å². The largest absolute Gasteiger partial charge is 0.316 e. The molecule has 2 nitrogen and oxygen atoms in total. The van der Waals surface area contributed by atoms with Gasteiger partial charge in [-0.2, -0.15) is 0 Å². The van der Waals surface area contributed by atoms with Gasteiger partial charge in [-0.25, -0.2) is 0 Å². The topological polar surface area (TPSA) is 24.9 Å². The fraction of sp³-hybridized carbons (Fsp3) is 0.643. The Kier molecular flexibility index (Phi) is 3.94. The molecule has 1 saturated carbocycles. The Morgan fingerprint density at radius 1 is 1.38 bits per heavy atom. The summed E-state index contributed by atoms with van der Waals surface area (Å²) in [5, 5.41) is 3.58. The van der Waals surface area contributed by atoms with Crippen molar-refractivity contribution in [1.29, 1.82) is 0 Å². The van der Waals surface area contributed by atoms with Gasteiger partial charge < -0.3 is 5.32 Å². The van der Waals surface area contributed by atoms with E-state index in [0.717, 1.165) is 13.0 Å². The quantitative estimate of drug-likeness (QED) is 0.712. The molecule has 0 saturated heterocycles. The number of hydrogen-bond acceptors (Lipinski definition) is 2. The van der Waals surface area contributed by atoms with E-state index in [9.17, 15) is 0 Å². The van der Waals surface area contributed by atoms with Crippen molar-refractivity contribution >= 4 is 0 Å². The minimum atomic E-state index is 0.666. The van der Waals surface area contributed by atoms with Gasteiger partial charge in [0, 0.05) is 31.4 Å². The van der Waals surface area contributed by atoms with Crippen molar-refractivity contribution < 1.29 is 0 Å². The van der Waals surface area contributed by atoms with Crippen molar-refractivity contribution in [2.45, 2.75) is 39.0 Å². The first-order valence-electron chi connectivity index (χ1n) is 6.45. The van der Waals surface area contributed by atoms with E-state index in [-0.39, 0.29) is 0 Å². The lowest BCUT2D eigenvalue weighted by atomic mass is 10.0. The van der Waals surface area contributed by atoms with E-state index in [1.165, 1.54) is 37.9 Å². The second-order valence-electron chi connectivity index (χ2n) is 5.00. The second-order valence-corrected chi connectivity index (χ2v) is 5.00. The molecular weight excluding hydrogens is 196 g/mol. The van der Waals surface area contributed by atoms with Crippen LogP contribution in [0.5, 0.6) is 0 Å². The van der Waals surface area contributed by atoms with Crippen molar-refractivity contribution in [3.63, 3.8) is 0 Å². The number of rotatable bonds is 7. The predicted octanol–water partition coefficient (Wildman–Crippen LogP) is 2.79. The van der Waals surface area contributed by atoms with Gasteiger partial charge in [-0.05, 0) is 36.8 Å². The minimum absolute atomic E-state index is 0.666. The maximum Gasteiger partial charge on any atom is 0.0416 e. The maximum atomic E-state index is 4.32. The van der Waals surface area contributed by atoms with Gasteiger partial charge in [0.2, 0.25) is 0 Å². The van der Waals surface area contributed by atoms with Crippen molar-refractivity contribution in [3.8, 4) is 0 Å². The molecule has 0 amide bonds. The molecule has 1 aliphatic rings. The summed E-state index contributed by atoms with van der Waals surface area (Å²) < 4.78 is 0. The van der Waals surface area contributed by atoms with Crippen LogP contribution in [0.2, 0.25) is 0 Å². The summed E-state index contributed by atoms with van der Waals surface area (Å²) in [6.45, 7) is 4.55. The van der Waals surface area contributed by atoms with Gasteiger partial charge in [-0.1, -0.05) is 19.4 Å². The monoisotopic (exact) mass is 218 g/mol. The predicted molar refractivity (Wildman–Crippen MR) is 67.4 cm³/mol. The third-order valence-electron chi connectivity index (χ3n) is 3.52. The Balaban J connectivity index is 1.62. The average molecular weight is 218 g/mol. The zero-order valence-electron chi connectivity index (χ0n) is 10.2. The van der Waals surface area contributed by atoms with Gasteiger partial charge in [0.15, 0.2) is 0 Å². The van der Waals surface area contributed by atoms with E-state index in [1.807, 2.05) is 12.3 Å².